The molecule has 0 saturated heterocycles. The molecule has 136 valence electrons. The standard InChI is InChI=1S/C18H28BrNO3Te/c1-4-5-6-7-8-9-10-24-17-15(21)13-11-22-18(2,3)23-12-14(13)16(19)20-17/h21H,4-12H2,1-3H3. The number of nitrogens with zero attached hydrogens (tertiary/aromatic N) is 1. The quantitative estimate of drug-likeness (QED) is 0.317. The third kappa shape index (κ3) is 5.85. The van der Waals surface area contributed by atoms with E-state index in [0.29, 0.717) is 19.0 Å². The Labute approximate surface area is 163 Å². The molecule has 1 aromatic heterocycles. The second-order valence-electron chi connectivity index (χ2n) is 6.61. The zero-order chi connectivity index (χ0) is 17.6. The summed E-state index contributed by atoms with van der Waals surface area (Å²) in [7, 11) is 0. The van der Waals surface area contributed by atoms with Gasteiger partial charge in [-0.3, -0.25) is 0 Å². The number of halogens is 1. The van der Waals surface area contributed by atoms with E-state index in [2.05, 4.69) is 27.8 Å². The molecule has 0 bridgehead atoms. The van der Waals surface area contributed by atoms with Crippen LogP contribution in [0.25, 0.3) is 0 Å². The van der Waals surface area contributed by atoms with Crippen LogP contribution in [0.15, 0.2) is 4.60 Å². The number of rotatable bonds is 8. The van der Waals surface area contributed by atoms with Gasteiger partial charge in [0.05, 0.1) is 0 Å². The molecule has 0 unspecified atom stereocenters. The van der Waals surface area contributed by atoms with Gasteiger partial charge in [-0.05, 0) is 0 Å². The molecule has 1 aliphatic rings. The molecule has 6 heteroatoms. The van der Waals surface area contributed by atoms with Crippen molar-refractivity contribution < 1.29 is 14.6 Å². The molecule has 0 saturated carbocycles. The molecular formula is C18H28BrNO3Te. The topological polar surface area (TPSA) is 51.6 Å². The Bertz CT molecular complexity index is 552. The van der Waals surface area contributed by atoms with Crippen LogP contribution < -0.4 is 3.74 Å². The van der Waals surface area contributed by atoms with Gasteiger partial charge in [-0.15, -0.1) is 0 Å². The predicted octanol–water partition coefficient (Wildman–Crippen LogP) is 4.44. The average Bonchev–Trinajstić information content (AvgIpc) is 2.70. The number of aromatic nitrogens is 1. The van der Waals surface area contributed by atoms with E-state index >= 15 is 0 Å². The molecule has 1 aliphatic heterocycles. The molecule has 0 amide bonds. The van der Waals surface area contributed by atoms with Crippen molar-refractivity contribution in [2.45, 2.75) is 82.8 Å². The average molecular weight is 514 g/mol. The Morgan fingerprint density at radius 1 is 1.08 bits per heavy atom. The molecule has 0 aliphatic carbocycles. The van der Waals surface area contributed by atoms with Gasteiger partial charge >= 0.3 is 164 Å². The Kier molecular flexibility index (Phi) is 8.29. The van der Waals surface area contributed by atoms with Crippen molar-refractivity contribution in [3.05, 3.63) is 15.7 Å². The number of hydrogen-bond acceptors (Lipinski definition) is 4. The number of pyridine rings is 1. The molecule has 2 heterocycles. The van der Waals surface area contributed by atoms with E-state index in [-0.39, 0.29) is 0 Å². The van der Waals surface area contributed by atoms with E-state index < -0.39 is 26.7 Å². The van der Waals surface area contributed by atoms with E-state index in [1.54, 1.807) is 0 Å². The van der Waals surface area contributed by atoms with E-state index in [4.69, 9.17) is 9.47 Å². The molecule has 2 rings (SSSR count). The molecule has 1 N–H and O–H groups in total. The fraction of sp³-hybridized carbons (Fsp3) is 0.722. The van der Waals surface area contributed by atoms with Crippen LogP contribution in [0.1, 0.15) is 70.4 Å². The van der Waals surface area contributed by atoms with Crippen molar-refractivity contribution >= 4 is 40.6 Å². The van der Waals surface area contributed by atoms with Crippen molar-refractivity contribution in [2.24, 2.45) is 0 Å². The Morgan fingerprint density at radius 3 is 2.42 bits per heavy atom. The van der Waals surface area contributed by atoms with E-state index in [1.165, 1.54) is 43.0 Å². The fourth-order valence-electron chi connectivity index (χ4n) is 2.59. The van der Waals surface area contributed by atoms with Crippen molar-refractivity contribution in [1.82, 2.24) is 4.98 Å². The van der Waals surface area contributed by atoms with Gasteiger partial charge in [0, 0.05) is 0 Å². The van der Waals surface area contributed by atoms with Gasteiger partial charge < -0.3 is 0 Å². The van der Waals surface area contributed by atoms with Gasteiger partial charge in [0.2, 0.25) is 0 Å². The molecule has 1 aromatic rings. The van der Waals surface area contributed by atoms with E-state index in [0.717, 1.165) is 19.5 Å². The Hall–Kier alpha value is 0.140. The number of ether oxygens (including phenoxy) is 2. The summed E-state index contributed by atoms with van der Waals surface area (Å²) in [4.78, 5) is 4.61. The minimum atomic E-state index is -0.639. The monoisotopic (exact) mass is 515 g/mol. The molecule has 4 nitrogen and oxygen atoms in total. The molecule has 0 aromatic carbocycles. The summed E-state index contributed by atoms with van der Waals surface area (Å²) in [5.74, 6) is -0.303. The summed E-state index contributed by atoms with van der Waals surface area (Å²) in [5, 5.41) is 10.6. The molecule has 0 spiro atoms. The third-order valence-corrected chi connectivity index (χ3v) is 7.82. The predicted molar refractivity (Wildman–Crippen MR) is 101 cm³/mol. The number of unbranched alkanes of at least 4 members (excludes halogenated alkanes) is 5. The van der Waals surface area contributed by atoms with Crippen LogP contribution in [0.5, 0.6) is 5.75 Å². The van der Waals surface area contributed by atoms with Gasteiger partial charge in [0.15, 0.2) is 0 Å². The zero-order valence-corrected chi connectivity index (χ0v) is 18.8. The van der Waals surface area contributed by atoms with E-state index in [9.17, 15) is 5.11 Å². The number of fused-ring (bicyclic) bond motifs is 1. The van der Waals surface area contributed by atoms with Gasteiger partial charge in [0.25, 0.3) is 0 Å². The van der Waals surface area contributed by atoms with Crippen molar-refractivity contribution in [1.29, 1.82) is 0 Å². The van der Waals surface area contributed by atoms with Crippen LogP contribution in [0.4, 0.5) is 0 Å². The second-order valence-corrected chi connectivity index (χ2v) is 10.5. The van der Waals surface area contributed by atoms with Crippen LogP contribution in [0, 0.1) is 0 Å². The van der Waals surface area contributed by atoms with Crippen LogP contribution >= 0.6 is 15.9 Å². The molecule has 24 heavy (non-hydrogen) atoms. The SMILES string of the molecule is CCCCCCCC[Te]c1nc(Br)c2c(c1O)COC(C)(C)OC2. The van der Waals surface area contributed by atoms with Crippen LogP contribution in [-0.2, 0) is 22.7 Å². The van der Waals surface area contributed by atoms with Gasteiger partial charge in [-0.25, -0.2) is 0 Å². The van der Waals surface area contributed by atoms with Crippen LogP contribution in [-0.4, -0.2) is 36.8 Å². The number of hydrogen-bond donors (Lipinski definition) is 1. The Balaban J connectivity index is 1.95. The first kappa shape index (κ1) is 20.5. The van der Waals surface area contributed by atoms with Gasteiger partial charge in [-0.1, -0.05) is 0 Å². The second kappa shape index (κ2) is 9.73. The summed E-state index contributed by atoms with van der Waals surface area (Å²) >= 11 is 3.08. The molecule has 0 atom stereocenters. The first-order chi connectivity index (χ1) is 11.4. The first-order valence-electron chi connectivity index (χ1n) is 8.75. The van der Waals surface area contributed by atoms with Crippen molar-refractivity contribution in [3.63, 3.8) is 0 Å². The minimum absolute atomic E-state index is 0.336. The van der Waals surface area contributed by atoms with Crippen LogP contribution in [0.3, 0.4) is 0 Å². The Morgan fingerprint density at radius 2 is 1.71 bits per heavy atom. The zero-order valence-electron chi connectivity index (χ0n) is 14.9. The van der Waals surface area contributed by atoms with Gasteiger partial charge in [0.1, 0.15) is 0 Å². The van der Waals surface area contributed by atoms with Gasteiger partial charge in [-0.2, -0.15) is 0 Å². The molecule has 0 fully saturated rings. The summed E-state index contributed by atoms with van der Waals surface area (Å²) in [6.07, 6.45) is 7.84. The van der Waals surface area contributed by atoms with Crippen molar-refractivity contribution in [3.8, 4) is 5.75 Å². The van der Waals surface area contributed by atoms with Crippen molar-refractivity contribution in [2.75, 3.05) is 0 Å². The molecule has 0 radical (unpaired) electrons. The maximum absolute atomic E-state index is 10.6. The first-order valence-corrected chi connectivity index (χ1v) is 12.4. The number of aromatic hydroxyl groups is 1. The molecular weight excluding hydrogens is 486 g/mol. The maximum atomic E-state index is 10.6. The van der Waals surface area contributed by atoms with Crippen LogP contribution in [0.2, 0.25) is 4.47 Å². The summed E-state index contributed by atoms with van der Waals surface area (Å²) in [5.41, 5.74) is 1.75. The van der Waals surface area contributed by atoms with E-state index in [1.807, 2.05) is 13.8 Å². The summed E-state index contributed by atoms with van der Waals surface area (Å²) < 4.78 is 14.4. The normalized spacial score (nSPS) is 16.7. The summed E-state index contributed by atoms with van der Waals surface area (Å²) in [6.45, 7) is 6.80. The third-order valence-electron chi connectivity index (χ3n) is 4.17. The fourth-order valence-corrected chi connectivity index (χ4v) is 6.22. The summed E-state index contributed by atoms with van der Waals surface area (Å²) in [6, 6.07) is 0.